The summed E-state index contributed by atoms with van der Waals surface area (Å²) in [6, 6.07) is 16.3. The minimum atomic E-state index is -3.37. The predicted octanol–water partition coefficient (Wildman–Crippen LogP) is 3.39. The Morgan fingerprint density at radius 2 is 1.74 bits per heavy atom. The molecule has 0 saturated heterocycles. The minimum Gasteiger partial charge on any atom is -0.492 e. The Kier molecular flexibility index (Phi) is 4.91. The molecule has 2 N–H and O–H groups in total. The van der Waals surface area contributed by atoms with E-state index in [1.165, 1.54) is 16.8 Å². The van der Waals surface area contributed by atoms with E-state index in [4.69, 9.17) is 4.74 Å². The van der Waals surface area contributed by atoms with E-state index in [-0.39, 0.29) is 5.41 Å². The molecule has 0 amide bonds. The van der Waals surface area contributed by atoms with Gasteiger partial charge in [-0.15, -0.1) is 0 Å². The van der Waals surface area contributed by atoms with Crippen molar-refractivity contribution in [2.45, 2.75) is 19.3 Å². The normalized spacial score (nSPS) is 14.6. The third-order valence-corrected chi connectivity index (χ3v) is 6.54. The fourth-order valence-corrected chi connectivity index (χ4v) is 4.82. The molecule has 0 saturated carbocycles. The first-order chi connectivity index (χ1) is 16.0. The van der Waals surface area contributed by atoms with Crippen LogP contribution in [0.25, 0.3) is 27.6 Å². The summed E-state index contributed by atoms with van der Waals surface area (Å²) in [4.78, 5) is 26.3. The van der Waals surface area contributed by atoms with Gasteiger partial charge in [-0.2, -0.15) is 0 Å². The molecule has 1 aliphatic heterocycles. The maximum atomic E-state index is 12.5. The minimum absolute atomic E-state index is 0.255. The van der Waals surface area contributed by atoms with Gasteiger partial charge in [0.15, 0.2) is 0 Å². The van der Waals surface area contributed by atoms with Gasteiger partial charge in [0.1, 0.15) is 5.75 Å². The second-order valence-corrected chi connectivity index (χ2v) is 10.9. The third kappa shape index (κ3) is 3.99. The van der Waals surface area contributed by atoms with Crippen LogP contribution in [0, 0.1) is 0 Å². The lowest BCUT2D eigenvalue weighted by molar-refractivity contribution is 0.292. The Balaban J connectivity index is 1.68. The highest BCUT2D eigenvalue weighted by Gasteiger charge is 2.34. The maximum Gasteiger partial charge on any atom is 0.332 e. The smallest absolute Gasteiger partial charge is 0.332 e. The summed E-state index contributed by atoms with van der Waals surface area (Å²) in [6.45, 7) is 4.67. The van der Waals surface area contributed by atoms with E-state index < -0.39 is 21.3 Å². The number of hydrogen-bond acceptors (Lipinski definition) is 5. The Morgan fingerprint density at radius 1 is 1.00 bits per heavy atom. The molecule has 0 aliphatic carbocycles. The number of H-pyrrole nitrogens is 1. The largest absolute Gasteiger partial charge is 0.492 e. The van der Waals surface area contributed by atoms with Crippen molar-refractivity contribution in [3.05, 3.63) is 87.2 Å². The van der Waals surface area contributed by atoms with Crippen LogP contribution in [0.2, 0.25) is 0 Å². The molecule has 2 heterocycles. The maximum absolute atomic E-state index is 12.5. The van der Waals surface area contributed by atoms with Crippen LogP contribution in [0.5, 0.6) is 5.75 Å². The van der Waals surface area contributed by atoms with Gasteiger partial charge in [0, 0.05) is 34.5 Å². The molecule has 174 valence electrons. The standard InChI is InChI=1S/C25H23N3O5S/c1-25(2)14-33-23-20(12-19(13-21(23)25)28-9-8-22(29)26-24(28)30)17-5-4-16-11-18(27-34(3,31)32)7-6-15(16)10-17/h4-13,27H,14H2,1-3H3,(H,26,29,30). The molecule has 0 unspecified atom stereocenters. The van der Waals surface area contributed by atoms with Gasteiger partial charge in [0.25, 0.3) is 5.56 Å². The molecule has 4 aromatic rings. The van der Waals surface area contributed by atoms with Crippen molar-refractivity contribution < 1.29 is 13.2 Å². The van der Waals surface area contributed by atoms with Crippen LogP contribution in [0.15, 0.2) is 70.4 Å². The Bertz CT molecular complexity index is 1680. The number of aromatic nitrogens is 2. The lowest BCUT2D eigenvalue weighted by Gasteiger charge is -2.18. The number of aromatic amines is 1. The number of ether oxygens (including phenoxy) is 1. The van der Waals surface area contributed by atoms with Crippen molar-refractivity contribution in [1.29, 1.82) is 0 Å². The Morgan fingerprint density at radius 3 is 2.47 bits per heavy atom. The highest BCUT2D eigenvalue weighted by Crippen LogP contribution is 2.46. The molecule has 0 fully saturated rings. The van der Waals surface area contributed by atoms with Crippen molar-refractivity contribution in [3.63, 3.8) is 0 Å². The van der Waals surface area contributed by atoms with Crippen molar-refractivity contribution in [2.24, 2.45) is 0 Å². The van der Waals surface area contributed by atoms with Gasteiger partial charge in [0.05, 0.1) is 18.6 Å². The third-order valence-electron chi connectivity index (χ3n) is 5.94. The number of anilines is 1. The van der Waals surface area contributed by atoms with Gasteiger partial charge in [-0.3, -0.25) is 19.1 Å². The number of rotatable bonds is 4. The van der Waals surface area contributed by atoms with Crippen molar-refractivity contribution in [3.8, 4) is 22.6 Å². The highest BCUT2D eigenvalue weighted by molar-refractivity contribution is 7.92. The lowest BCUT2D eigenvalue weighted by Crippen LogP contribution is -2.27. The lowest BCUT2D eigenvalue weighted by atomic mass is 9.84. The molecule has 34 heavy (non-hydrogen) atoms. The van der Waals surface area contributed by atoms with Gasteiger partial charge < -0.3 is 4.74 Å². The molecule has 0 atom stereocenters. The average molecular weight is 478 g/mol. The van der Waals surface area contributed by atoms with Gasteiger partial charge in [-0.05, 0) is 46.7 Å². The second-order valence-electron chi connectivity index (χ2n) is 9.17. The van der Waals surface area contributed by atoms with E-state index >= 15 is 0 Å². The summed E-state index contributed by atoms with van der Waals surface area (Å²) in [5.74, 6) is 0.765. The zero-order chi connectivity index (χ0) is 24.3. The fraction of sp³-hybridized carbons (Fsp3) is 0.200. The van der Waals surface area contributed by atoms with Crippen LogP contribution in [-0.4, -0.2) is 30.8 Å². The number of hydrogen-bond donors (Lipinski definition) is 2. The van der Waals surface area contributed by atoms with E-state index in [1.54, 1.807) is 12.1 Å². The fourth-order valence-electron chi connectivity index (χ4n) is 4.27. The van der Waals surface area contributed by atoms with Crippen molar-refractivity contribution in [2.75, 3.05) is 17.6 Å². The van der Waals surface area contributed by atoms with Gasteiger partial charge in [0.2, 0.25) is 10.0 Å². The summed E-state index contributed by atoms with van der Waals surface area (Å²) in [6.07, 6.45) is 2.58. The first-order valence-electron chi connectivity index (χ1n) is 10.7. The molecule has 1 aliphatic rings. The first-order valence-corrected chi connectivity index (χ1v) is 12.5. The zero-order valence-corrected chi connectivity index (χ0v) is 19.7. The van der Waals surface area contributed by atoms with Crippen molar-refractivity contribution >= 4 is 26.5 Å². The summed E-state index contributed by atoms with van der Waals surface area (Å²) in [5.41, 5.74) is 2.60. The van der Waals surface area contributed by atoms with E-state index in [2.05, 4.69) is 23.6 Å². The molecular formula is C25H23N3O5S. The summed E-state index contributed by atoms with van der Waals surface area (Å²) in [5, 5.41) is 1.80. The van der Waals surface area contributed by atoms with E-state index in [0.717, 1.165) is 39.5 Å². The van der Waals surface area contributed by atoms with E-state index in [0.29, 0.717) is 18.0 Å². The van der Waals surface area contributed by atoms with Gasteiger partial charge in [-0.1, -0.05) is 32.0 Å². The Labute approximate surface area is 195 Å². The van der Waals surface area contributed by atoms with E-state index in [9.17, 15) is 18.0 Å². The zero-order valence-electron chi connectivity index (χ0n) is 18.9. The molecule has 0 radical (unpaired) electrons. The van der Waals surface area contributed by atoms with Crippen LogP contribution in [0.1, 0.15) is 19.4 Å². The number of sulfonamides is 1. The van der Waals surface area contributed by atoms with Gasteiger partial charge >= 0.3 is 5.69 Å². The predicted molar refractivity (Wildman–Crippen MR) is 133 cm³/mol. The SMILES string of the molecule is CC1(C)COc2c(-c3ccc4cc(NS(C)(=O)=O)ccc4c3)cc(-n3ccc(=O)[nH]c3=O)cc21. The van der Waals surface area contributed by atoms with Crippen LogP contribution in [-0.2, 0) is 15.4 Å². The van der Waals surface area contributed by atoms with Gasteiger partial charge in [-0.25, -0.2) is 13.2 Å². The molecule has 8 nitrogen and oxygen atoms in total. The number of fused-ring (bicyclic) bond motifs is 2. The number of nitrogens with one attached hydrogen (secondary N) is 2. The monoisotopic (exact) mass is 477 g/mol. The summed E-state index contributed by atoms with van der Waals surface area (Å²) >= 11 is 0. The number of nitrogens with zero attached hydrogens (tertiary/aromatic N) is 1. The van der Waals surface area contributed by atoms with E-state index in [1.807, 2.05) is 36.4 Å². The topological polar surface area (TPSA) is 110 Å². The quantitative estimate of drug-likeness (QED) is 0.468. The van der Waals surface area contributed by atoms with Crippen LogP contribution in [0.3, 0.4) is 0 Å². The second kappa shape index (κ2) is 7.59. The van der Waals surface area contributed by atoms with Crippen LogP contribution >= 0.6 is 0 Å². The first kappa shape index (κ1) is 22.0. The molecule has 0 spiro atoms. The molecule has 0 bridgehead atoms. The molecule has 3 aromatic carbocycles. The highest BCUT2D eigenvalue weighted by atomic mass is 32.2. The molecular weight excluding hydrogens is 454 g/mol. The van der Waals surface area contributed by atoms with Crippen LogP contribution < -0.4 is 20.7 Å². The Hall–Kier alpha value is -3.85. The molecule has 9 heteroatoms. The van der Waals surface area contributed by atoms with Crippen LogP contribution in [0.4, 0.5) is 5.69 Å². The summed E-state index contributed by atoms with van der Waals surface area (Å²) < 4.78 is 33.1. The average Bonchev–Trinajstić information content (AvgIpc) is 3.06. The number of benzene rings is 3. The molecule has 1 aromatic heterocycles. The summed E-state index contributed by atoms with van der Waals surface area (Å²) in [7, 11) is -3.37. The molecule has 5 rings (SSSR count). The van der Waals surface area contributed by atoms with Crippen molar-refractivity contribution in [1.82, 2.24) is 9.55 Å².